The van der Waals surface area contributed by atoms with Gasteiger partial charge in [-0.25, -0.2) is 8.42 Å². The molecule has 9 heteroatoms. The zero-order valence-electron chi connectivity index (χ0n) is 18.3. The minimum Gasteiger partial charge on any atom is -0.497 e. The lowest BCUT2D eigenvalue weighted by Crippen LogP contribution is -2.45. The van der Waals surface area contributed by atoms with E-state index in [0.29, 0.717) is 29.4 Å². The van der Waals surface area contributed by atoms with Crippen molar-refractivity contribution < 1.29 is 27.4 Å². The molecule has 1 atom stereocenters. The highest BCUT2D eigenvalue weighted by molar-refractivity contribution is 7.92. The summed E-state index contributed by atoms with van der Waals surface area (Å²) in [5, 5.41) is 2.97. The number of hydrogen-bond donors (Lipinski definition) is 1. The number of rotatable bonds is 7. The molecule has 2 aromatic rings. The molecule has 1 heterocycles. The number of nitrogens with one attached hydrogen (secondary N) is 1. The molecule has 31 heavy (non-hydrogen) atoms. The zero-order chi connectivity index (χ0) is 22.8. The molecule has 0 aliphatic carbocycles. The molecule has 0 bridgehead atoms. The van der Waals surface area contributed by atoms with Gasteiger partial charge in [0.1, 0.15) is 29.4 Å². The Morgan fingerprint density at radius 2 is 1.74 bits per heavy atom. The van der Waals surface area contributed by atoms with Crippen LogP contribution in [0.5, 0.6) is 17.2 Å². The number of methoxy groups -OCH3 is 2. The lowest BCUT2D eigenvalue weighted by Gasteiger charge is -2.38. The molecule has 0 fully saturated rings. The summed E-state index contributed by atoms with van der Waals surface area (Å²) >= 11 is 0. The van der Waals surface area contributed by atoms with E-state index in [1.165, 1.54) is 7.11 Å². The average molecular weight is 449 g/mol. The van der Waals surface area contributed by atoms with E-state index in [1.54, 1.807) is 37.4 Å². The fraction of sp³-hybridized carbons (Fsp3) is 0.409. The second-order valence-electron chi connectivity index (χ2n) is 8.06. The lowest BCUT2D eigenvalue weighted by atomic mass is 9.89. The number of ether oxygens (including phenoxy) is 3. The van der Waals surface area contributed by atoms with Crippen molar-refractivity contribution in [2.24, 2.45) is 0 Å². The summed E-state index contributed by atoms with van der Waals surface area (Å²) in [4.78, 5) is 12.9. The SMILES string of the molecule is COc1ccc(N(CC(=O)N[C@H]2CC(C)(C)Oc3ccc(OC)cc32)S(C)(=O)=O)cc1. The first-order chi connectivity index (χ1) is 14.5. The molecule has 1 amide bonds. The molecular weight excluding hydrogens is 420 g/mol. The number of carbonyl (C=O) groups excluding carboxylic acids is 1. The standard InChI is InChI=1S/C22H28N2O6S/c1-22(2)13-19(18-12-17(29-4)10-11-20(18)30-22)23-21(25)14-24(31(5,26)27)15-6-8-16(28-3)9-7-15/h6-12,19H,13-14H2,1-5H3,(H,23,25)/t19-/m0/s1. The van der Waals surface area contributed by atoms with Crippen LogP contribution in [0.25, 0.3) is 0 Å². The van der Waals surface area contributed by atoms with Gasteiger partial charge in [0.2, 0.25) is 15.9 Å². The number of carbonyl (C=O) groups is 1. The van der Waals surface area contributed by atoms with Gasteiger partial charge in [-0.15, -0.1) is 0 Å². The fourth-order valence-corrected chi connectivity index (χ4v) is 4.46. The molecule has 1 aliphatic heterocycles. The maximum Gasteiger partial charge on any atom is 0.241 e. The Labute approximate surface area is 183 Å². The van der Waals surface area contributed by atoms with Crippen molar-refractivity contribution in [1.82, 2.24) is 5.32 Å². The molecule has 3 rings (SSSR count). The summed E-state index contributed by atoms with van der Waals surface area (Å²) < 4.78 is 42.3. The van der Waals surface area contributed by atoms with Gasteiger partial charge in [-0.1, -0.05) is 0 Å². The average Bonchev–Trinajstić information content (AvgIpc) is 2.70. The first-order valence-electron chi connectivity index (χ1n) is 9.80. The highest BCUT2D eigenvalue weighted by Crippen LogP contribution is 2.41. The third kappa shape index (κ3) is 5.41. The van der Waals surface area contributed by atoms with Gasteiger partial charge in [0.05, 0.1) is 32.2 Å². The first kappa shape index (κ1) is 22.7. The molecule has 0 saturated carbocycles. The minimum atomic E-state index is -3.68. The molecule has 1 aliphatic rings. The van der Waals surface area contributed by atoms with Crippen LogP contribution in [0.1, 0.15) is 31.9 Å². The topological polar surface area (TPSA) is 94.2 Å². The van der Waals surface area contributed by atoms with Crippen molar-refractivity contribution in [3.8, 4) is 17.2 Å². The van der Waals surface area contributed by atoms with Gasteiger partial charge in [-0.05, 0) is 56.3 Å². The molecule has 168 valence electrons. The highest BCUT2D eigenvalue weighted by atomic mass is 32.2. The van der Waals surface area contributed by atoms with Crippen LogP contribution in [-0.4, -0.2) is 46.9 Å². The van der Waals surface area contributed by atoms with Gasteiger partial charge in [-0.2, -0.15) is 0 Å². The van der Waals surface area contributed by atoms with Crippen LogP contribution in [0, 0.1) is 0 Å². The van der Waals surface area contributed by atoms with E-state index in [0.717, 1.165) is 16.1 Å². The molecule has 0 unspecified atom stereocenters. The molecule has 0 aromatic heterocycles. The van der Waals surface area contributed by atoms with Crippen LogP contribution in [-0.2, 0) is 14.8 Å². The van der Waals surface area contributed by atoms with E-state index in [1.807, 2.05) is 26.0 Å². The van der Waals surface area contributed by atoms with Gasteiger partial charge in [-0.3, -0.25) is 9.10 Å². The smallest absolute Gasteiger partial charge is 0.241 e. The molecule has 0 saturated heterocycles. The molecule has 8 nitrogen and oxygen atoms in total. The van der Waals surface area contributed by atoms with Crippen LogP contribution < -0.4 is 23.8 Å². The second kappa shape index (κ2) is 8.66. The van der Waals surface area contributed by atoms with Crippen LogP contribution in [0.4, 0.5) is 5.69 Å². The molecule has 1 N–H and O–H groups in total. The summed E-state index contributed by atoms with van der Waals surface area (Å²) in [6.07, 6.45) is 1.60. The van der Waals surface area contributed by atoms with Crippen molar-refractivity contribution in [3.63, 3.8) is 0 Å². The van der Waals surface area contributed by atoms with E-state index in [2.05, 4.69) is 5.32 Å². The Hall–Kier alpha value is -2.94. The number of hydrogen-bond acceptors (Lipinski definition) is 6. The summed E-state index contributed by atoms with van der Waals surface area (Å²) in [6.45, 7) is 3.54. The Bertz CT molecular complexity index is 1050. The number of benzene rings is 2. The highest BCUT2D eigenvalue weighted by Gasteiger charge is 2.35. The van der Waals surface area contributed by atoms with E-state index < -0.39 is 21.5 Å². The van der Waals surface area contributed by atoms with Gasteiger partial charge in [0.25, 0.3) is 0 Å². The third-order valence-corrected chi connectivity index (χ3v) is 6.20. The number of sulfonamides is 1. The van der Waals surface area contributed by atoms with E-state index in [9.17, 15) is 13.2 Å². The van der Waals surface area contributed by atoms with E-state index >= 15 is 0 Å². The number of amides is 1. The largest absolute Gasteiger partial charge is 0.497 e. The predicted molar refractivity (Wildman–Crippen MR) is 118 cm³/mol. The lowest BCUT2D eigenvalue weighted by molar-refractivity contribution is -0.120. The van der Waals surface area contributed by atoms with E-state index in [-0.39, 0.29) is 12.6 Å². The zero-order valence-corrected chi connectivity index (χ0v) is 19.2. The number of anilines is 1. The van der Waals surface area contributed by atoms with Crippen LogP contribution in [0.3, 0.4) is 0 Å². The Kier molecular flexibility index (Phi) is 6.35. The minimum absolute atomic E-state index is 0.345. The van der Waals surface area contributed by atoms with Crippen LogP contribution in [0.15, 0.2) is 42.5 Å². The first-order valence-corrected chi connectivity index (χ1v) is 11.7. The van der Waals surface area contributed by atoms with Crippen LogP contribution >= 0.6 is 0 Å². The van der Waals surface area contributed by atoms with Crippen molar-refractivity contribution in [2.45, 2.75) is 31.9 Å². The molecule has 0 spiro atoms. The fourth-order valence-electron chi connectivity index (χ4n) is 3.61. The molecule has 2 aromatic carbocycles. The molecular formula is C22H28N2O6S. The van der Waals surface area contributed by atoms with Crippen molar-refractivity contribution >= 4 is 21.6 Å². The van der Waals surface area contributed by atoms with Crippen molar-refractivity contribution in [1.29, 1.82) is 0 Å². The number of nitrogens with zero attached hydrogens (tertiary/aromatic N) is 1. The van der Waals surface area contributed by atoms with Crippen molar-refractivity contribution in [3.05, 3.63) is 48.0 Å². The van der Waals surface area contributed by atoms with Gasteiger partial charge < -0.3 is 19.5 Å². The second-order valence-corrected chi connectivity index (χ2v) is 9.96. The van der Waals surface area contributed by atoms with E-state index in [4.69, 9.17) is 14.2 Å². The van der Waals surface area contributed by atoms with Gasteiger partial charge >= 0.3 is 0 Å². The Morgan fingerprint density at radius 1 is 1.13 bits per heavy atom. The summed E-state index contributed by atoms with van der Waals surface area (Å²) in [5.74, 6) is 1.49. The normalized spacial score (nSPS) is 17.1. The Balaban J connectivity index is 1.84. The third-order valence-electron chi connectivity index (χ3n) is 5.06. The predicted octanol–water partition coefficient (Wildman–Crippen LogP) is 2.89. The monoisotopic (exact) mass is 448 g/mol. The summed E-state index contributed by atoms with van der Waals surface area (Å²) in [6, 6.07) is 11.6. The summed E-state index contributed by atoms with van der Waals surface area (Å²) in [7, 11) is -0.582. The van der Waals surface area contributed by atoms with Crippen molar-refractivity contribution in [2.75, 3.05) is 31.3 Å². The summed E-state index contributed by atoms with van der Waals surface area (Å²) in [5.41, 5.74) is 0.682. The quantitative estimate of drug-likeness (QED) is 0.700. The maximum atomic E-state index is 12.9. The van der Waals surface area contributed by atoms with Gasteiger partial charge in [0, 0.05) is 12.0 Å². The van der Waals surface area contributed by atoms with Gasteiger partial charge in [0.15, 0.2) is 0 Å². The van der Waals surface area contributed by atoms with Crippen LogP contribution in [0.2, 0.25) is 0 Å². The maximum absolute atomic E-state index is 12.9. The number of fused-ring (bicyclic) bond motifs is 1. The Morgan fingerprint density at radius 3 is 2.32 bits per heavy atom. The molecule has 0 radical (unpaired) electrons.